The molecule has 172 valence electrons. The zero-order valence-electron chi connectivity index (χ0n) is 17.3. The van der Waals surface area contributed by atoms with Gasteiger partial charge in [0.05, 0.1) is 17.8 Å². The topological polar surface area (TPSA) is 66.8 Å². The summed E-state index contributed by atoms with van der Waals surface area (Å²) in [4.78, 5) is 26.7. The highest BCUT2D eigenvalue weighted by Gasteiger charge is 2.34. The van der Waals surface area contributed by atoms with Gasteiger partial charge in [0, 0.05) is 10.8 Å². The molecule has 0 spiro atoms. The SMILES string of the molecule is O=C(O)Oc1sc(-c2ccccc2)cc1N(Cc1ccc(C(F)(F)F)cc1)C(=O)C1CCC1. The van der Waals surface area contributed by atoms with Gasteiger partial charge >= 0.3 is 12.3 Å². The summed E-state index contributed by atoms with van der Waals surface area (Å²) in [6.45, 7) is -0.00554. The Balaban J connectivity index is 1.73. The van der Waals surface area contributed by atoms with E-state index in [1.807, 2.05) is 30.3 Å². The van der Waals surface area contributed by atoms with E-state index in [0.29, 0.717) is 23.3 Å². The summed E-state index contributed by atoms with van der Waals surface area (Å²) in [5.74, 6) is -0.411. The lowest BCUT2D eigenvalue weighted by Crippen LogP contribution is -2.38. The molecule has 1 amide bonds. The molecular formula is C24H20F3NO4S. The standard InChI is InChI=1S/C24H20F3NO4S/c25-24(26,27)18-11-9-15(10-12-18)14-28(21(29)17-7-4-8-17)19-13-20(16-5-2-1-3-6-16)33-22(19)32-23(30)31/h1-3,5-6,9-13,17H,4,7-8,14H2,(H,30,31). The number of amides is 1. The number of ether oxygens (including phenoxy) is 1. The molecule has 1 fully saturated rings. The molecule has 9 heteroatoms. The van der Waals surface area contributed by atoms with Crippen LogP contribution in [0.5, 0.6) is 5.06 Å². The van der Waals surface area contributed by atoms with Gasteiger partial charge in [0.15, 0.2) is 0 Å². The maximum atomic E-state index is 13.3. The summed E-state index contributed by atoms with van der Waals surface area (Å²) in [6, 6.07) is 15.5. The molecule has 0 saturated heterocycles. The Kier molecular flexibility index (Phi) is 6.42. The van der Waals surface area contributed by atoms with Gasteiger partial charge in [-0.05, 0) is 42.2 Å². The molecule has 1 aliphatic rings. The van der Waals surface area contributed by atoms with Crippen LogP contribution >= 0.6 is 11.3 Å². The second-order valence-electron chi connectivity index (χ2n) is 7.76. The number of alkyl halides is 3. The molecule has 1 heterocycles. The van der Waals surface area contributed by atoms with Crippen molar-refractivity contribution in [1.29, 1.82) is 0 Å². The zero-order valence-corrected chi connectivity index (χ0v) is 18.2. The Morgan fingerprint density at radius 1 is 1.06 bits per heavy atom. The molecule has 4 rings (SSSR count). The van der Waals surface area contributed by atoms with Crippen molar-refractivity contribution in [2.24, 2.45) is 5.92 Å². The van der Waals surface area contributed by atoms with Crippen molar-refractivity contribution in [3.8, 4) is 15.5 Å². The van der Waals surface area contributed by atoms with E-state index < -0.39 is 17.9 Å². The predicted octanol–water partition coefficient (Wildman–Crippen LogP) is 6.82. The van der Waals surface area contributed by atoms with Gasteiger partial charge < -0.3 is 14.7 Å². The molecule has 1 aliphatic carbocycles. The van der Waals surface area contributed by atoms with E-state index in [2.05, 4.69) is 0 Å². The van der Waals surface area contributed by atoms with Gasteiger partial charge in [-0.15, -0.1) is 0 Å². The number of rotatable bonds is 6. The van der Waals surface area contributed by atoms with E-state index in [4.69, 9.17) is 4.74 Å². The van der Waals surface area contributed by atoms with E-state index in [9.17, 15) is 27.9 Å². The molecule has 5 nitrogen and oxygen atoms in total. The van der Waals surface area contributed by atoms with Crippen LogP contribution in [0.1, 0.15) is 30.4 Å². The number of anilines is 1. The quantitative estimate of drug-likeness (QED) is 0.397. The minimum atomic E-state index is -4.46. The molecule has 3 aromatic rings. The van der Waals surface area contributed by atoms with Crippen LogP contribution in [-0.4, -0.2) is 17.2 Å². The first-order chi connectivity index (χ1) is 15.7. The smallest absolute Gasteiger partial charge is 0.449 e. The molecule has 1 aromatic heterocycles. The number of thiophene rings is 1. The Hall–Kier alpha value is -3.33. The summed E-state index contributed by atoms with van der Waals surface area (Å²) >= 11 is 1.09. The number of carboxylic acid groups (broad SMARTS) is 1. The molecule has 33 heavy (non-hydrogen) atoms. The zero-order chi connectivity index (χ0) is 23.6. The van der Waals surface area contributed by atoms with Gasteiger partial charge in [0.1, 0.15) is 0 Å². The highest BCUT2D eigenvalue weighted by molar-refractivity contribution is 7.18. The maximum Gasteiger partial charge on any atom is 0.512 e. The summed E-state index contributed by atoms with van der Waals surface area (Å²) in [6.07, 6.45) is -3.62. The number of hydrogen-bond donors (Lipinski definition) is 1. The van der Waals surface area contributed by atoms with Crippen molar-refractivity contribution >= 4 is 29.1 Å². The van der Waals surface area contributed by atoms with Gasteiger partial charge in [-0.2, -0.15) is 13.2 Å². The first kappa shape index (κ1) is 22.8. The molecule has 0 unspecified atom stereocenters. The minimum Gasteiger partial charge on any atom is -0.449 e. The van der Waals surface area contributed by atoms with E-state index in [1.165, 1.54) is 17.0 Å². The Morgan fingerprint density at radius 2 is 1.73 bits per heavy atom. The average Bonchev–Trinajstić information content (AvgIpc) is 3.13. The second-order valence-corrected chi connectivity index (χ2v) is 8.78. The van der Waals surface area contributed by atoms with Crippen molar-refractivity contribution in [1.82, 2.24) is 0 Å². The number of halogens is 3. The average molecular weight is 475 g/mol. The number of carbonyl (C=O) groups excluding carboxylic acids is 1. The summed E-state index contributed by atoms with van der Waals surface area (Å²) in [5.41, 5.74) is 0.830. The molecule has 0 bridgehead atoms. The second kappa shape index (κ2) is 9.27. The van der Waals surface area contributed by atoms with E-state index >= 15 is 0 Å². The van der Waals surface area contributed by atoms with Crippen LogP contribution in [0.25, 0.3) is 10.4 Å². The van der Waals surface area contributed by atoms with Crippen molar-refractivity contribution in [2.75, 3.05) is 4.90 Å². The van der Waals surface area contributed by atoms with E-state index in [0.717, 1.165) is 35.5 Å². The molecular weight excluding hydrogens is 455 g/mol. The fourth-order valence-electron chi connectivity index (χ4n) is 3.59. The van der Waals surface area contributed by atoms with Crippen LogP contribution in [0.4, 0.5) is 23.7 Å². The molecule has 0 atom stereocenters. The van der Waals surface area contributed by atoms with Gasteiger partial charge in [-0.25, -0.2) is 4.79 Å². The maximum absolute atomic E-state index is 13.3. The number of nitrogens with zero attached hydrogens (tertiary/aromatic N) is 1. The fraction of sp³-hybridized carbons (Fsp3) is 0.250. The molecule has 1 N–H and O–H groups in total. The monoisotopic (exact) mass is 475 g/mol. The van der Waals surface area contributed by atoms with Crippen LogP contribution in [0.3, 0.4) is 0 Å². The highest BCUT2D eigenvalue weighted by Crippen LogP contribution is 2.45. The fourth-order valence-corrected chi connectivity index (χ4v) is 4.60. The lowest BCUT2D eigenvalue weighted by Gasteiger charge is -2.31. The Labute approximate surface area is 192 Å². The molecule has 0 radical (unpaired) electrons. The molecule has 0 aliphatic heterocycles. The van der Waals surface area contributed by atoms with Crippen molar-refractivity contribution in [3.05, 3.63) is 71.8 Å². The molecule has 1 saturated carbocycles. The highest BCUT2D eigenvalue weighted by atomic mass is 32.1. The Morgan fingerprint density at radius 3 is 2.27 bits per heavy atom. The normalized spacial score (nSPS) is 13.9. The lowest BCUT2D eigenvalue weighted by atomic mass is 9.84. The summed E-state index contributed by atoms with van der Waals surface area (Å²) in [5, 5.41) is 9.27. The van der Waals surface area contributed by atoms with E-state index in [-0.39, 0.29) is 29.1 Å². The summed E-state index contributed by atoms with van der Waals surface area (Å²) < 4.78 is 43.8. The third-order valence-electron chi connectivity index (χ3n) is 5.55. The van der Waals surface area contributed by atoms with Crippen molar-refractivity contribution < 1.29 is 32.6 Å². The molecule has 2 aromatic carbocycles. The van der Waals surface area contributed by atoms with Crippen LogP contribution in [-0.2, 0) is 17.5 Å². The van der Waals surface area contributed by atoms with Crippen LogP contribution in [0.15, 0.2) is 60.7 Å². The van der Waals surface area contributed by atoms with Crippen molar-refractivity contribution in [2.45, 2.75) is 32.0 Å². The third kappa shape index (κ3) is 5.19. The van der Waals surface area contributed by atoms with Gasteiger partial charge in [0.25, 0.3) is 0 Å². The van der Waals surface area contributed by atoms with Gasteiger partial charge in [-0.3, -0.25) is 4.79 Å². The number of benzene rings is 2. The van der Waals surface area contributed by atoms with Crippen molar-refractivity contribution in [3.63, 3.8) is 0 Å². The number of carbonyl (C=O) groups is 2. The minimum absolute atomic E-state index is 0.00554. The van der Waals surface area contributed by atoms with Gasteiger partial charge in [0.2, 0.25) is 11.0 Å². The lowest BCUT2D eigenvalue weighted by molar-refractivity contribution is -0.137. The van der Waals surface area contributed by atoms with E-state index in [1.54, 1.807) is 6.07 Å². The van der Waals surface area contributed by atoms with Crippen LogP contribution in [0, 0.1) is 5.92 Å². The number of hydrogen-bond acceptors (Lipinski definition) is 4. The summed E-state index contributed by atoms with van der Waals surface area (Å²) in [7, 11) is 0. The third-order valence-corrected chi connectivity index (χ3v) is 6.60. The van der Waals surface area contributed by atoms with Crippen LogP contribution in [0.2, 0.25) is 0 Å². The Bertz CT molecular complexity index is 1140. The largest absolute Gasteiger partial charge is 0.512 e. The predicted molar refractivity (Wildman–Crippen MR) is 118 cm³/mol. The first-order valence-electron chi connectivity index (χ1n) is 10.3. The first-order valence-corrected chi connectivity index (χ1v) is 11.1. The van der Waals surface area contributed by atoms with Crippen LogP contribution < -0.4 is 9.64 Å². The van der Waals surface area contributed by atoms with Gasteiger partial charge in [-0.1, -0.05) is 60.2 Å².